The maximum absolute atomic E-state index is 13.1. The van der Waals surface area contributed by atoms with Crippen LogP contribution in [0.1, 0.15) is 36.9 Å². The van der Waals surface area contributed by atoms with Crippen molar-refractivity contribution in [3.8, 4) is 0 Å². The van der Waals surface area contributed by atoms with Gasteiger partial charge in [-0.15, -0.1) is 0 Å². The molecule has 1 amide bonds. The first-order valence-electron chi connectivity index (χ1n) is 11.6. The van der Waals surface area contributed by atoms with Crippen LogP contribution < -0.4 is 10.6 Å². The Bertz CT molecular complexity index is 875. The van der Waals surface area contributed by atoms with Crippen molar-refractivity contribution < 1.29 is 9.90 Å². The number of carbonyl (C=O) groups is 1. The number of nitrogens with one attached hydrogen (secondary N) is 2. The van der Waals surface area contributed by atoms with Crippen molar-refractivity contribution >= 4 is 5.91 Å². The second kappa shape index (κ2) is 8.69. The molecular formula is C25H32N4O2. The van der Waals surface area contributed by atoms with E-state index in [0.717, 1.165) is 51.0 Å². The maximum Gasteiger partial charge on any atom is 0.257 e. The molecule has 6 heteroatoms. The molecule has 0 radical (unpaired) electrons. The van der Waals surface area contributed by atoms with Gasteiger partial charge in [0.1, 0.15) is 0 Å². The third kappa shape index (κ3) is 4.12. The molecule has 2 aliphatic carbocycles. The largest absolute Gasteiger partial charge is 0.375 e. The van der Waals surface area contributed by atoms with Crippen LogP contribution in [0.3, 0.4) is 0 Å². The van der Waals surface area contributed by atoms with Gasteiger partial charge in [0, 0.05) is 37.8 Å². The molecule has 1 saturated heterocycles. The van der Waals surface area contributed by atoms with Crippen molar-refractivity contribution in [1.29, 1.82) is 0 Å². The van der Waals surface area contributed by atoms with E-state index in [1.54, 1.807) is 0 Å². The van der Waals surface area contributed by atoms with Gasteiger partial charge in [0.05, 0.1) is 12.4 Å². The highest BCUT2D eigenvalue weighted by Crippen LogP contribution is 2.45. The van der Waals surface area contributed by atoms with Crippen molar-refractivity contribution in [3.63, 3.8) is 0 Å². The zero-order chi connectivity index (χ0) is 21.3. The van der Waals surface area contributed by atoms with E-state index >= 15 is 0 Å². The fourth-order valence-electron chi connectivity index (χ4n) is 5.74. The van der Waals surface area contributed by atoms with Crippen molar-refractivity contribution in [3.05, 3.63) is 66.0 Å². The molecule has 0 bridgehead atoms. The number of benzene rings is 1. The number of rotatable bonds is 8. The molecule has 3 fully saturated rings. The molecule has 164 valence electrons. The fraction of sp³-hybridized carbons (Fsp3) is 0.520. The Balaban J connectivity index is 1.12. The van der Waals surface area contributed by atoms with E-state index in [1.165, 1.54) is 0 Å². The summed E-state index contributed by atoms with van der Waals surface area (Å²) >= 11 is 0. The molecule has 1 aromatic carbocycles. The Morgan fingerprint density at radius 3 is 2.45 bits per heavy atom. The molecule has 5 rings (SSSR count). The van der Waals surface area contributed by atoms with Gasteiger partial charge in [0.15, 0.2) is 5.60 Å². The monoisotopic (exact) mass is 420 g/mol. The van der Waals surface area contributed by atoms with Crippen LogP contribution in [0.2, 0.25) is 0 Å². The number of amides is 1. The molecule has 1 aliphatic heterocycles. The van der Waals surface area contributed by atoms with Crippen LogP contribution in [-0.2, 0) is 16.9 Å². The number of aliphatic hydroxyl groups is 1. The van der Waals surface area contributed by atoms with Gasteiger partial charge >= 0.3 is 0 Å². The van der Waals surface area contributed by atoms with Gasteiger partial charge in [-0.25, -0.2) is 0 Å². The van der Waals surface area contributed by atoms with Crippen LogP contribution >= 0.6 is 0 Å². The van der Waals surface area contributed by atoms with Crippen LogP contribution in [0.15, 0.2) is 54.7 Å². The number of fused-ring (bicyclic) bond motifs is 1. The van der Waals surface area contributed by atoms with E-state index in [0.29, 0.717) is 30.1 Å². The first-order valence-corrected chi connectivity index (χ1v) is 11.6. The lowest BCUT2D eigenvalue weighted by Crippen LogP contribution is -2.51. The first kappa shape index (κ1) is 20.6. The van der Waals surface area contributed by atoms with Crippen LogP contribution in [0.4, 0.5) is 0 Å². The molecule has 2 aromatic rings. The zero-order valence-corrected chi connectivity index (χ0v) is 17.9. The quantitative estimate of drug-likeness (QED) is 0.571. The summed E-state index contributed by atoms with van der Waals surface area (Å²) in [6.07, 6.45) is 5.79. The lowest BCUT2D eigenvalue weighted by molar-refractivity contribution is -0.147. The smallest absolute Gasteiger partial charge is 0.257 e. The molecule has 3 N–H and O–H groups in total. The van der Waals surface area contributed by atoms with Crippen LogP contribution in [-0.4, -0.2) is 46.7 Å². The number of nitrogens with zero attached hydrogens (tertiary/aromatic N) is 2. The van der Waals surface area contributed by atoms with Gasteiger partial charge in [0.2, 0.25) is 0 Å². The van der Waals surface area contributed by atoms with Gasteiger partial charge in [-0.2, -0.15) is 0 Å². The number of aromatic nitrogens is 1. The molecule has 2 saturated carbocycles. The molecule has 2 unspecified atom stereocenters. The average Bonchev–Trinajstić information content (AvgIpc) is 3.20. The lowest BCUT2D eigenvalue weighted by Gasteiger charge is -2.33. The Kier molecular flexibility index (Phi) is 5.78. The summed E-state index contributed by atoms with van der Waals surface area (Å²) in [6, 6.07) is 16.0. The standard InChI is InChI=1S/C25H32N4O2/c30-24(25(31,19-10-4-5-11-19)18-8-2-1-3-9-18)28-17-27-23-21-15-29(16-22(21)23)14-20-12-6-7-13-26-20/h1-3,6-9,12-13,19,21-23,27,31H,4-5,10-11,14-17H2,(H,28,30)/t21-,22+,23?,25?. The van der Waals surface area contributed by atoms with Gasteiger partial charge in [0.25, 0.3) is 5.91 Å². The third-order valence-corrected chi connectivity index (χ3v) is 7.47. The Morgan fingerprint density at radius 1 is 1.06 bits per heavy atom. The highest BCUT2D eigenvalue weighted by molar-refractivity contribution is 5.86. The third-order valence-electron chi connectivity index (χ3n) is 7.47. The number of piperidine rings is 1. The lowest BCUT2D eigenvalue weighted by atomic mass is 9.79. The number of likely N-dealkylation sites (tertiary alicyclic amines) is 1. The molecular weight excluding hydrogens is 388 g/mol. The Hall–Kier alpha value is -2.28. The Morgan fingerprint density at radius 2 is 1.77 bits per heavy atom. The highest BCUT2D eigenvalue weighted by Gasteiger charge is 2.55. The van der Waals surface area contributed by atoms with E-state index in [2.05, 4.69) is 26.6 Å². The van der Waals surface area contributed by atoms with Crippen LogP contribution in [0.25, 0.3) is 0 Å². The van der Waals surface area contributed by atoms with E-state index in [9.17, 15) is 9.90 Å². The van der Waals surface area contributed by atoms with E-state index < -0.39 is 5.60 Å². The van der Waals surface area contributed by atoms with Gasteiger partial charge in [-0.1, -0.05) is 49.2 Å². The van der Waals surface area contributed by atoms with Gasteiger partial charge < -0.3 is 10.4 Å². The number of hydrogen-bond acceptors (Lipinski definition) is 5. The Labute approximate surface area is 184 Å². The summed E-state index contributed by atoms with van der Waals surface area (Å²) in [4.78, 5) is 20.0. The molecule has 0 spiro atoms. The van der Waals surface area contributed by atoms with E-state index in [-0.39, 0.29) is 11.8 Å². The molecule has 31 heavy (non-hydrogen) atoms. The second-order valence-corrected chi connectivity index (χ2v) is 9.37. The van der Waals surface area contributed by atoms with Gasteiger partial charge in [-0.05, 0) is 42.4 Å². The zero-order valence-electron chi connectivity index (χ0n) is 17.9. The van der Waals surface area contributed by atoms with E-state index in [4.69, 9.17) is 0 Å². The molecule has 6 nitrogen and oxygen atoms in total. The normalized spacial score (nSPS) is 27.6. The maximum atomic E-state index is 13.1. The molecule has 4 atom stereocenters. The minimum absolute atomic E-state index is 0.0182. The van der Waals surface area contributed by atoms with E-state index in [1.807, 2.05) is 48.7 Å². The summed E-state index contributed by atoms with van der Waals surface area (Å²) in [5.41, 5.74) is 0.374. The molecule has 1 aromatic heterocycles. The molecule has 2 heterocycles. The summed E-state index contributed by atoms with van der Waals surface area (Å²) in [6.45, 7) is 3.45. The average molecular weight is 421 g/mol. The SMILES string of the molecule is O=C(NCNC1[C@H]2CN(Cc3ccccn3)C[C@@H]12)C(O)(c1ccccc1)C1CCCC1. The molecule has 3 aliphatic rings. The first-order chi connectivity index (χ1) is 15.2. The fourth-order valence-corrected chi connectivity index (χ4v) is 5.74. The predicted octanol–water partition coefficient (Wildman–Crippen LogP) is 2.25. The van der Waals surface area contributed by atoms with Gasteiger partial charge in [-0.3, -0.25) is 20.0 Å². The van der Waals surface area contributed by atoms with Crippen molar-refractivity contribution in [2.75, 3.05) is 19.8 Å². The summed E-state index contributed by atoms with van der Waals surface area (Å²) in [5, 5.41) is 18.0. The van der Waals surface area contributed by atoms with Crippen molar-refractivity contribution in [1.82, 2.24) is 20.5 Å². The number of pyridine rings is 1. The summed E-state index contributed by atoms with van der Waals surface area (Å²) < 4.78 is 0. The number of hydrogen-bond donors (Lipinski definition) is 3. The van der Waals surface area contributed by atoms with Crippen molar-refractivity contribution in [2.24, 2.45) is 17.8 Å². The minimum Gasteiger partial charge on any atom is -0.375 e. The van der Waals surface area contributed by atoms with Crippen molar-refractivity contribution in [2.45, 2.75) is 43.9 Å². The number of carbonyl (C=O) groups excluding carboxylic acids is 1. The highest BCUT2D eigenvalue weighted by atomic mass is 16.3. The topological polar surface area (TPSA) is 77.5 Å². The van der Waals surface area contributed by atoms with Crippen LogP contribution in [0, 0.1) is 17.8 Å². The predicted molar refractivity (Wildman–Crippen MR) is 119 cm³/mol. The summed E-state index contributed by atoms with van der Waals surface area (Å²) in [5.74, 6) is 0.989. The summed E-state index contributed by atoms with van der Waals surface area (Å²) in [7, 11) is 0. The minimum atomic E-state index is -1.45. The second-order valence-electron chi connectivity index (χ2n) is 9.37. The van der Waals surface area contributed by atoms with Crippen LogP contribution in [0.5, 0.6) is 0 Å².